The lowest BCUT2D eigenvalue weighted by atomic mass is 10.1. The van der Waals surface area contributed by atoms with Gasteiger partial charge in [0.15, 0.2) is 0 Å². The van der Waals surface area contributed by atoms with Gasteiger partial charge in [0.1, 0.15) is 0 Å². The number of halogens is 1. The Morgan fingerprint density at radius 3 is 1.86 bits per heavy atom. The Bertz CT molecular complexity index is 104. The summed E-state index contributed by atoms with van der Waals surface area (Å²) in [6, 6.07) is 0. The van der Waals surface area contributed by atoms with Gasteiger partial charge in [0.05, 0.1) is 6.10 Å². The quantitative estimate of drug-likeness (QED) is 0.416. The standard InChI is InChI=1S/C12H25BrO/c1-12(2)14-11-9-7-5-3-4-6-8-10-13/h12H,3-11H2,1-2H3. The first-order chi connectivity index (χ1) is 6.77. The summed E-state index contributed by atoms with van der Waals surface area (Å²) in [5.41, 5.74) is 0. The minimum Gasteiger partial charge on any atom is -0.379 e. The molecule has 0 N–H and O–H groups in total. The van der Waals surface area contributed by atoms with Gasteiger partial charge in [-0.05, 0) is 26.7 Å². The van der Waals surface area contributed by atoms with Crippen molar-refractivity contribution in [3.05, 3.63) is 0 Å². The third-order valence-corrected chi connectivity index (χ3v) is 2.79. The smallest absolute Gasteiger partial charge is 0.0518 e. The lowest BCUT2D eigenvalue weighted by Crippen LogP contribution is -2.03. The maximum absolute atomic E-state index is 5.48. The van der Waals surface area contributed by atoms with Crippen molar-refractivity contribution in [2.24, 2.45) is 0 Å². The molecule has 0 atom stereocenters. The molecule has 0 aromatic carbocycles. The fourth-order valence-corrected chi connectivity index (χ4v) is 1.80. The van der Waals surface area contributed by atoms with Crippen molar-refractivity contribution in [3.63, 3.8) is 0 Å². The van der Waals surface area contributed by atoms with E-state index >= 15 is 0 Å². The molecule has 0 unspecified atom stereocenters. The van der Waals surface area contributed by atoms with Crippen LogP contribution in [0.5, 0.6) is 0 Å². The van der Waals surface area contributed by atoms with Crippen molar-refractivity contribution in [2.45, 2.75) is 64.9 Å². The van der Waals surface area contributed by atoms with Crippen molar-refractivity contribution in [1.29, 1.82) is 0 Å². The van der Waals surface area contributed by atoms with E-state index in [4.69, 9.17) is 4.74 Å². The molecule has 0 saturated carbocycles. The molecule has 86 valence electrons. The zero-order valence-electron chi connectivity index (χ0n) is 9.73. The summed E-state index contributed by atoms with van der Waals surface area (Å²) in [7, 11) is 0. The highest BCUT2D eigenvalue weighted by Crippen LogP contribution is 2.08. The summed E-state index contributed by atoms with van der Waals surface area (Å²) in [5, 5.41) is 1.16. The van der Waals surface area contributed by atoms with Crippen LogP contribution >= 0.6 is 15.9 Å². The molecular weight excluding hydrogens is 240 g/mol. The van der Waals surface area contributed by atoms with E-state index in [-0.39, 0.29) is 0 Å². The Hall–Kier alpha value is 0.440. The zero-order valence-corrected chi connectivity index (χ0v) is 11.3. The average Bonchev–Trinajstić information content (AvgIpc) is 2.15. The summed E-state index contributed by atoms with van der Waals surface area (Å²) >= 11 is 3.45. The number of ether oxygens (including phenoxy) is 1. The molecule has 0 aliphatic rings. The third kappa shape index (κ3) is 12.4. The molecule has 0 saturated heterocycles. The number of hydrogen-bond donors (Lipinski definition) is 0. The molecular formula is C12H25BrO. The second-order valence-electron chi connectivity index (χ2n) is 4.08. The van der Waals surface area contributed by atoms with E-state index < -0.39 is 0 Å². The van der Waals surface area contributed by atoms with Crippen molar-refractivity contribution in [3.8, 4) is 0 Å². The molecule has 0 fully saturated rings. The topological polar surface area (TPSA) is 9.23 Å². The Labute approximate surface area is 97.7 Å². The molecule has 0 amide bonds. The number of rotatable bonds is 10. The van der Waals surface area contributed by atoms with Gasteiger partial charge in [0, 0.05) is 11.9 Å². The van der Waals surface area contributed by atoms with Crippen molar-refractivity contribution >= 4 is 15.9 Å². The average molecular weight is 265 g/mol. The monoisotopic (exact) mass is 264 g/mol. The van der Waals surface area contributed by atoms with Gasteiger partial charge in [-0.3, -0.25) is 0 Å². The molecule has 0 radical (unpaired) electrons. The van der Waals surface area contributed by atoms with Gasteiger partial charge < -0.3 is 4.74 Å². The van der Waals surface area contributed by atoms with Gasteiger partial charge in [-0.2, -0.15) is 0 Å². The highest BCUT2D eigenvalue weighted by molar-refractivity contribution is 9.09. The maximum Gasteiger partial charge on any atom is 0.0518 e. The fourth-order valence-electron chi connectivity index (χ4n) is 1.40. The molecule has 0 aromatic rings. The van der Waals surface area contributed by atoms with Crippen LogP contribution in [0.25, 0.3) is 0 Å². The molecule has 1 nitrogen and oxygen atoms in total. The summed E-state index contributed by atoms with van der Waals surface area (Å²) in [6.07, 6.45) is 9.85. The molecule has 0 aliphatic carbocycles. The predicted octanol–water partition coefficient (Wildman–Crippen LogP) is 4.54. The first-order valence-electron chi connectivity index (χ1n) is 5.95. The lowest BCUT2D eigenvalue weighted by Gasteiger charge is -2.06. The highest BCUT2D eigenvalue weighted by Gasteiger charge is 1.94. The Kier molecular flexibility index (Phi) is 11.9. The summed E-state index contributed by atoms with van der Waals surface area (Å²) in [4.78, 5) is 0. The second kappa shape index (κ2) is 11.5. The molecule has 0 spiro atoms. The van der Waals surface area contributed by atoms with Crippen LogP contribution in [0.1, 0.15) is 58.8 Å². The summed E-state index contributed by atoms with van der Waals surface area (Å²) in [5.74, 6) is 0. The molecule has 0 heterocycles. The predicted molar refractivity (Wildman–Crippen MR) is 67.2 cm³/mol. The van der Waals surface area contributed by atoms with E-state index in [1.807, 2.05) is 0 Å². The molecule has 0 bridgehead atoms. The third-order valence-electron chi connectivity index (χ3n) is 2.23. The van der Waals surface area contributed by atoms with Crippen LogP contribution in [0, 0.1) is 0 Å². The van der Waals surface area contributed by atoms with Gasteiger partial charge in [-0.15, -0.1) is 0 Å². The normalized spacial score (nSPS) is 11.1. The number of alkyl halides is 1. The maximum atomic E-state index is 5.48. The van der Waals surface area contributed by atoms with Crippen LogP contribution in [0.3, 0.4) is 0 Å². The minimum absolute atomic E-state index is 0.397. The molecule has 2 heteroatoms. The summed E-state index contributed by atoms with van der Waals surface area (Å²) in [6.45, 7) is 5.14. The van der Waals surface area contributed by atoms with Crippen LogP contribution in [0.15, 0.2) is 0 Å². The van der Waals surface area contributed by atoms with E-state index in [0.29, 0.717) is 6.10 Å². The van der Waals surface area contributed by atoms with Gasteiger partial charge in [-0.1, -0.05) is 48.0 Å². The van der Waals surface area contributed by atoms with Crippen molar-refractivity contribution in [2.75, 3.05) is 11.9 Å². The molecule has 0 aliphatic heterocycles. The van der Waals surface area contributed by atoms with Crippen LogP contribution in [0.2, 0.25) is 0 Å². The lowest BCUT2D eigenvalue weighted by molar-refractivity contribution is 0.0757. The first kappa shape index (κ1) is 14.4. The van der Waals surface area contributed by atoms with Crippen LogP contribution in [-0.2, 0) is 4.74 Å². The number of hydrogen-bond acceptors (Lipinski definition) is 1. The molecule has 0 aromatic heterocycles. The van der Waals surface area contributed by atoms with E-state index in [9.17, 15) is 0 Å². The van der Waals surface area contributed by atoms with E-state index in [0.717, 1.165) is 11.9 Å². The van der Waals surface area contributed by atoms with Gasteiger partial charge in [-0.25, -0.2) is 0 Å². The Morgan fingerprint density at radius 1 is 0.857 bits per heavy atom. The Balaban J connectivity index is 2.85. The van der Waals surface area contributed by atoms with Crippen molar-refractivity contribution in [1.82, 2.24) is 0 Å². The molecule has 14 heavy (non-hydrogen) atoms. The van der Waals surface area contributed by atoms with Crippen molar-refractivity contribution < 1.29 is 4.74 Å². The van der Waals surface area contributed by atoms with Gasteiger partial charge >= 0.3 is 0 Å². The van der Waals surface area contributed by atoms with Gasteiger partial charge in [0.25, 0.3) is 0 Å². The zero-order chi connectivity index (χ0) is 10.6. The first-order valence-corrected chi connectivity index (χ1v) is 7.07. The second-order valence-corrected chi connectivity index (χ2v) is 4.88. The van der Waals surface area contributed by atoms with Crippen LogP contribution in [0.4, 0.5) is 0 Å². The fraction of sp³-hybridized carbons (Fsp3) is 1.00. The van der Waals surface area contributed by atoms with Crippen LogP contribution in [-0.4, -0.2) is 18.0 Å². The van der Waals surface area contributed by atoms with Crippen LogP contribution < -0.4 is 0 Å². The SMILES string of the molecule is CC(C)OCCCCCCCCCBr. The summed E-state index contributed by atoms with van der Waals surface area (Å²) < 4.78 is 5.48. The van der Waals surface area contributed by atoms with E-state index in [1.54, 1.807) is 0 Å². The highest BCUT2D eigenvalue weighted by atomic mass is 79.9. The van der Waals surface area contributed by atoms with E-state index in [1.165, 1.54) is 44.9 Å². The van der Waals surface area contributed by atoms with E-state index in [2.05, 4.69) is 29.8 Å². The minimum atomic E-state index is 0.397. The Morgan fingerprint density at radius 2 is 1.36 bits per heavy atom. The van der Waals surface area contributed by atoms with Gasteiger partial charge in [0.2, 0.25) is 0 Å². The largest absolute Gasteiger partial charge is 0.379 e. The molecule has 0 rings (SSSR count). The number of unbranched alkanes of at least 4 members (excludes halogenated alkanes) is 6.